The van der Waals surface area contributed by atoms with Crippen LogP contribution in [0.5, 0.6) is 0 Å². The number of hydrogen-bond donors (Lipinski definition) is 0. The summed E-state index contributed by atoms with van der Waals surface area (Å²) in [5.74, 6) is -2.81. The van der Waals surface area contributed by atoms with Gasteiger partial charge < -0.3 is 12.4 Å². The Bertz CT molecular complexity index is 278. The normalized spacial score (nSPS) is 9.42. The van der Waals surface area contributed by atoms with Crippen molar-refractivity contribution in [3.63, 3.8) is 0 Å². The summed E-state index contributed by atoms with van der Waals surface area (Å²) in [5, 5.41) is 0. The molecule has 0 unspecified atom stereocenters. The molecule has 0 atom stereocenters. The van der Waals surface area contributed by atoms with Gasteiger partial charge in [-0.3, -0.25) is 0 Å². The smallest absolute Gasteiger partial charge is 1.00 e. The summed E-state index contributed by atoms with van der Waals surface area (Å²) in [5.41, 5.74) is 0.210. The average molecular weight is 205 g/mol. The zero-order chi connectivity index (χ0) is 8.43. The van der Waals surface area contributed by atoms with Crippen molar-refractivity contribution < 1.29 is 25.6 Å². The van der Waals surface area contributed by atoms with Gasteiger partial charge >= 0.3 is 74.6 Å². The minimum absolute atomic E-state index is 0. The summed E-state index contributed by atoms with van der Waals surface area (Å²) >= 11 is 1.49. The monoisotopic (exact) mass is 204 g/mol. The van der Waals surface area contributed by atoms with E-state index in [0.29, 0.717) is 10.6 Å². The molecule has 1 rings (SSSR count). The molecule has 0 fully saturated rings. The van der Waals surface area contributed by atoms with Crippen molar-refractivity contribution in [1.29, 1.82) is 0 Å². The van der Waals surface area contributed by atoms with Crippen LogP contribution in [0.1, 0.15) is 5.56 Å². The van der Waals surface area contributed by atoms with Crippen molar-refractivity contribution >= 4 is 21.7 Å². The van der Waals surface area contributed by atoms with Gasteiger partial charge in [0.25, 0.3) is 0 Å². The quantitative estimate of drug-likeness (QED) is 0.398. The SMILES string of the molecule is Fc1cc(F)c([CH2][Mg+])cc1F.[Cl-]. The molecule has 12 heavy (non-hydrogen) atoms. The molecule has 0 aromatic heterocycles. The van der Waals surface area contributed by atoms with Crippen LogP contribution in [0.2, 0.25) is 0 Å². The van der Waals surface area contributed by atoms with Crippen molar-refractivity contribution in [3.05, 3.63) is 35.1 Å². The van der Waals surface area contributed by atoms with Crippen LogP contribution < -0.4 is 12.4 Å². The van der Waals surface area contributed by atoms with Gasteiger partial charge in [0.15, 0.2) is 0 Å². The van der Waals surface area contributed by atoms with Crippen LogP contribution >= 0.6 is 0 Å². The van der Waals surface area contributed by atoms with E-state index >= 15 is 0 Å². The number of hydrogen-bond acceptors (Lipinski definition) is 0. The van der Waals surface area contributed by atoms with E-state index in [-0.39, 0.29) is 18.0 Å². The summed E-state index contributed by atoms with van der Waals surface area (Å²) < 4.78 is 37.7. The zero-order valence-corrected chi connectivity index (χ0v) is 8.25. The van der Waals surface area contributed by atoms with Gasteiger partial charge in [-0.1, -0.05) is 0 Å². The molecule has 0 bridgehead atoms. The van der Waals surface area contributed by atoms with Gasteiger partial charge in [0.2, 0.25) is 0 Å². The zero-order valence-electron chi connectivity index (χ0n) is 6.08. The first kappa shape index (κ1) is 12.1. The first-order valence-corrected chi connectivity index (χ1v) is 4.08. The minimum Gasteiger partial charge on any atom is -1.00 e. The molecule has 62 valence electrons. The van der Waals surface area contributed by atoms with Crippen LogP contribution in [-0.2, 0) is 4.55 Å². The maximum atomic E-state index is 12.6. The van der Waals surface area contributed by atoms with Crippen LogP contribution in [0.4, 0.5) is 13.2 Å². The molecule has 0 spiro atoms. The fourth-order valence-electron chi connectivity index (χ4n) is 0.755. The van der Waals surface area contributed by atoms with Crippen LogP contribution in [0.25, 0.3) is 0 Å². The topological polar surface area (TPSA) is 0 Å². The van der Waals surface area contributed by atoms with E-state index in [2.05, 4.69) is 0 Å². The largest absolute Gasteiger partial charge is 1.00 e. The van der Waals surface area contributed by atoms with Gasteiger partial charge in [-0.15, -0.1) is 0 Å². The van der Waals surface area contributed by atoms with Gasteiger partial charge in [0, 0.05) is 0 Å². The molecule has 0 aliphatic rings. The summed E-state index contributed by atoms with van der Waals surface area (Å²) in [4.78, 5) is 0. The molecule has 0 N–H and O–H groups in total. The molecule has 0 aliphatic carbocycles. The van der Waals surface area contributed by atoms with E-state index in [1.54, 1.807) is 0 Å². The molecule has 0 radical (unpaired) electrons. The van der Waals surface area contributed by atoms with E-state index in [4.69, 9.17) is 0 Å². The van der Waals surface area contributed by atoms with Crippen molar-refractivity contribution in [1.82, 2.24) is 0 Å². The second-order valence-electron chi connectivity index (χ2n) is 2.11. The fourth-order valence-corrected chi connectivity index (χ4v) is 1.14. The first-order valence-electron chi connectivity index (χ1n) is 3.08. The Morgan fingerprint density at radius 1 is 1.00 bits per heavy atom. The first-order chi connectivity index (χ1) is 5.15. The molecule has 0 amide bonds. The molecule has 0 nitrogen and oxygen atoms in total. The third-order valence-electron chi connectivity index (χ3n) is 1.36. The molecule has 1 aromatic rings. The Labute approximate surface area is 87.0 Å². The van der Waals surface area contributed by atoms with E-state index < -0.39 is 17.5 Å². The standard InChI is InChI=1S/C7H4F3.ClH.Mg/c1-4-2-6(9)7(10)3-5(4)8;;/h2-3H,1H2;1H;/q;;+1/p-1. The van der Waals surface area contributed by atoms with Crippen LogP contribution in [-0.4, -0.2) is 21.7 Å². The van der Waals surface area contributed by atoms with Gasteiger partial charge in [-0.2, -0.15) is 0 Å². The Hall–Kier alpha value is 0.0662. The molecule has 0 saturated carbocycles. The summed E-state index contributed by atoms with van der Waals surface area (Å²) in [6.07, 6.45) is 0. The summed E-state index contributed by atoms with van der Waals surface area (Å²) in [6.45, 7) is 0. The van der Waals surface area contributed by atoms with Gasteiger partial charge in [0.1, 0.15) is 0 Å². The maximum absolute atomic E-state index is 12.6. The Morgan fingerprint density at radius 2 is 1.50 bits per heavy atom. The molecule has 0 saturated heterocycles. The fraction of sp³-hybridized carbons (Fsp3) is 0.143. The molecule has 0 aliphatic heterocycles. The van der Waals surface area contributed by atoms with E-state index in [1.807, 2.05) is 0 Å². The predicted molar refractivity (Wildman–Crippen MR) is 35.8 cm³/mol. The molecular formula is C7H4ClF3Mg. The predicted octanol–water partition coefficient (Wildman–Crippen LogP) is -1.22. The van der Waals surface area contributed by atoms with Crippen LogP contribution in [0, 0.1) is 17.5 Å². The average Bonchev–Trinajstić information content (AvgIpc) is 1.97. The molecule has 5 heteroatoms. The van der Waals surface area contributed by atoms with Crippen molar-refractivity contribution in [3.8, 4) is 0 Å². The third-order valence-corrected chi connectivity index (χ3v) is 1.90. The molecule has 1 aromatic carbocycles. The third kappa shape index (κ3) is 2.54. The van der Waals surface area contributed by atoms with Gasteiger partial charge in [0.05, 0.1) is 0 Å². The maximum Gasteiger partial charge on any atom is -1.00 e. The van der Waals surface area contributed by atoms with Crippen molar-refractivity contribution in [2.75, 3.05) is 0 Å². The molecular weight excluding hydrogens is 201 g/mol. The van der Waals surface area contributed by atoms with Gasteiger partial charge in [-0.05, 0) is 0 Å². The number of halogens is 4. The van der Waals surface area contributed by atoms with Crippen molar-refractivity contribution in [2.24, 2.45) is 0 Å². The van der Waals surface area contributed by atoms with E-state index in [1.165, 1.54) is 21.7 Å². The van der Waals surface area contributed by atoms with E-state index in [9.17, 15) is 13.2 Å². The van der Waals surface area contributed by atoms with E-state index in [0.717, 1.165) is 6.07 Å². The Balaban J connectivity index is 0.00000121. The second kappa shape index (κ2) is 4.94. The minimum atomic E-state index is -1.14. The molecule has 0 heterocycles. The van der Waals surface area contributed by atoms with Gasteiger partial charge in [-0.25, -0.2) is 0 Å². The van der Waals surface area contributed by atoms with Crippen molar-refractivity contribution in [2.45, 2.75) is 4.55 Å². The summed E-state index contributed by atoms with van der Waals surface area (Å²) in [7, 11) is 0. The Kier molecular flexibility index (Phi) is 4.97. The van der Waals surface area contributed by atoms with Crippen LogP contribution in [0.3, 0.4) is 0 Å². The number of benzene rings is 1. The van der Waals surface area contributed by atoms with Crippen LogP contribution in [0.15, 0.2) is 12.1 Å². The second-order valence-corrected chi connectivity index (χ2v) is 2.61. The summed E-state index contributed by atoms with van der Waals surface area (Å²) in [6, 6.07) is 1.45. The Morgan fingerprint density at radius 3 is 2.00 bits per heavy atom. The number of rotatable bonds is 1.